The quantitative estimate of drug-likeness (QED) is 0.411. The van der Waals surface area contributed by atoms with E-state index in [0.29, 0.717) is 0 Å². The van der Waals surface area contributed by atoms with Crippen molar-refractivity contribution >= 4 is 6.09 Å². The first-order valence-corrected chi connectivity index (χ1v) is 3.51. The van der Waals surface area contributed by atoms with Gasteiger partial charge in [-0.2, -0.15) is 4.79 Å². The molecule has 1 rings (SSSR count). The minimum atomic E-state index is -0.687. The van der Waals surface area contributed by atoms with Gasteiger partial charge in [0.25, 0.3) is 0 Å². The predicted molar refractivity (Wildman–Crippen MR) is 37.8 cm³/mol. The topological polar surface area (TPSA) is 37.3 Å². The average Bonchev–Trinajstić information content (AvgIpc) is 2.36. The van der Waals surface area contributed by atoms with Crippen molar-refractivity contribution in [1.82, 2.24) is 0 Å². The Morgan fingerprint density at radius 2 is 1.80 bits per heavy atom. The highest BCUT2D eigenvalue weighted by Gasteiger charge is 2.58. The van der Waals surface area contributed by atoms with Gasteiger partial charge >= 0.3 is 6.09 Å². The molecule has 1 aliphatic rings. The van der Waals surface area contributed by atoms with Crippen molar-refractivity contribution < 1.29 is 14.4 Å². The third-order valence-corrected chi connectivity index (χ3v) is 2.32. The minimum absolute atomic E-state index is 0.133. The van der Waals surface area contributed by atoms with Crippen LogP contribution in [-0.4, -0.2) is 34.3 Å². The van der Waals surface area contributed by atoms with E-state index in [1.54, 1.807) is 0 Å². The van der Waals surface area contributed by atoms with Crippen LogP contribution in [0.25, 0.3) is 0 Å². The maximum atomic E-state index is 10.7. The van der Waals surface area contributed by atoms with E-state index in [4.69, 9.17) is 5.11 Å². The first-order valence-electron chi connectivity index (χ1n) is 3.51. The van der Waals surface area contributed by atoms with E-state index in [-0.39, 0.29) is 10.0 Å². The fourth-order valence-corrected chi connectivity index (χ4v) is 1.25. The van der Waals surface area contributed by atoms with Crippen molar-refractivity contribution in [2.75, 3.05) is 13.1 Å². The molecule has 0 spiro atoms. The molecule has 0 saturated carbocycles. The van der Waals surface area contributed by atoms with Gasteiger partial charge in [0.1, 0.15) is 18.6 Å². The Hall–Kier alpha value is -0.570. The first kappa shape index (κ1) is 7.54. The maximum absolute atomic E-state index is 10.7. The van der Waals surface area contributed by atoms with Crippen molar-refractivity contribution in [3.63, 3.8) is 0 Å². The number of nitrogens with zero attached hydrogens (tertiary/aromatic N) is 1. The van der Waals surface area contributed by atoms with Crippen molar-refractivity contribution in [3.05, 3.63) is 0 Å². The molecule has 0 aromatic heterocycles. The summed E-state index contributed by atoms with van der Waals surface area (Å²) in [6.07, 6.45) is -0.687. The molecular weight excluding hydrogens is 130 g/mol. The number of carboxylic acid groups (broad SMARTS) is 1. The van der Waals surface area contributed by atoms with E-state index in [1.165, 1.54) is 0 Å². The molecule has 1 heterocycles. The van der Waals surface area contributed by atoms with E-state index >= 15 is 0 Å². The van der Waals surface area contributed by atoms with Crippen molar-refractivity contribution in [1.29, 1.82) is 0 Å². The van der Waals surface area contributed by atoms with Gasteiger partial charge in [0.15, 0.2) is 0 Å². The molecule has 1 fully saturated rings. The lowest BCUT2D eigenvalue weighted by atomic mass is 10.1. The van der Waals surface area contributed by atoms with Crippen LogP contribution >= 0.6 is 0 Å². The van der Waals surface area contributed by atoms with Crippen LogP contribution in [0.5, 0.6) is 0 Å². The molecule has 1 N–H and O–H groups in total. The molecule has 3 nitrogen and oxygen atoms in total. The Bertz CT molecular complexity index is 165. The van der Waals surface area contributed by atoms with Gasteiger partial charge in [0.05, 0.1) is 0 Å². The second-order valence-electron chi connectivity index (χ2n) is 3.87. The third kappa shape index (κ3) is 0.814. The highest BCUT2D eigenvalue weighted by atomic mass is 16.4. The molecular formula is C7H14NO2+. The van der Waals surface area contributed by atoms with Crippen LogP contribution in [0.15, 0.2) is 0 Å². The molecule has 3 heteroatoms. The highest BCUT2D eigenvalue weighted by Crippen LogP contribution is 2.34. The first-order chi connectivity index (χ1) is 4.40. The average molecular weight is 144 g/mol. The number of quaternary nitrogens is 1. The summed E-state index contributed by atoms with van der Waals surface area (Å²) in [5.41, 5.74) is -0.133. The Kier molecular flexibility index (Phi) is 1.30. The van der Waals surface area contributed by atoms with Crippen LogP contribution in [0.1, 0.15) is 20.8 Å². The van der Waals surface area contributed by atoms with Crippen LogP contribution in [0.3, 0.4) is 0 Å². The zero-order chi connectivity index (χ0) is 7.99. The summed E-state index contributed by atoms with van der Waals surface area (Å²) >= 11 is 0. The number of hydrogen-bond acceptors (Lipinski definition) is 1. The van der Waals surface area contributed by atoms with Gasteiger partial charge in [-0.1, -0.05) is 0 Å². The van der Waals surface area contributed by atoms with E-state index in [0.717, 1.165) is 13.1 Å². The Morgan fingerprint density at radius 1 is 1.40 bits per heavy atom. The molecule has 1 aliphatic heterocycles. The summed E-state index contributed by atoms with van der Waals surface area (Å²) in [6, 6.07) is 0. The maximum Gasteiger partial charge on any atom is 0.514 e. The molecule has 0 bridgehead atoms. The Balaban J connectivity index is 2.80. The number of carbonyl (C=O) groups is 1. The van der Waals surface area contributed by atoms with Crippen molar-refractivity contribution in [2.24, 2.45) is 0 Å². The van der Waals surface area contributed by atoms with E-state index in [1.807, 2.05) is 20.8 Å². The van der Waals surface area contributed by atoms with E-state index in [2.05, 4.69) is 0 Å². The van der Waals surface area contributed by atoms with Gasteiger partial charge in [-0.05, 0) is 20.8 Å². The lowest BCUT2D eigenvalue weighted by Gasteiger charge is -2.26. The number of hydrogen-bond donors (Lipinski definition) is 1. The van der Waals surface area contributed by atoms with Crippen LogP contribution in [0, 0.1) is 0 Å². The molecule has 1 saturated heterocycles. The van der Waals surface area contributed by atoms with Gasteiger partial charge in [-0.15, -0.1) is 0 Å². The molecule has 0 unspecified atom stereocenters. The molecule has 1 amide bonds. The largest absolute Gasteiger partial charge is 0.514 e. The number of amides is 1. The van der Waals surface area contributed by atoms with Gasteiger partial charge in [-0.3, -0.25) is 0 Å². The summed E-state index contributed by atoms with van der Waals surface area (Å²) in [5, 5.41) is 8.81. The lowest BCUT2D eigenvalue weighted by molar-refractivity contribution is -0.777. The normalized spacial score (nSPS) is 22.3. The predicted octanol–water partition coefficient (Wildman–Crippen LogP) is 1.29. The van der Waals surface area contributed by atoms with Gasteiger partial charge in [0.2, 0.25) is 0 Å². The smallest absolute Gasteiger partial charge is 0.435 e. The summed E-state index contributed by atoms with van der Waals surface area (Å²) < 4.78 is 0.243. The summed E-state index contributed by atoms with van der Waals surface area (Å²) in [6.45, 7) is 7.48. The molecule has 0 aromatic carbocycles. The third-order valence-electron chi connectivity index (χ3n) is 2.32. The second kappa shape index (κ2) is 1.72. The monoisotopic (exact) mass is 144 g/mol. The fraction of sp³-hybridized carbons (Fsp3) is 0.857. The van der Waals surface area contributed by atoms with Gasteiger partial charge < -0.3 is 5.11 Å². The van der Waals surface area contributed by atoms with Crippen molar-refractivity contribution in [3.8, 4) is 0 Å². The standard InChI is InChI=1S/C7H13NO2/c1-7(2,3)8(4-5-8)6(9)10/h4-5H2,1-3H3/p+1. The fourth-order valence-electron chi connectivity index (χ4n) is 1.25. The highest BCUT2D eigenvalue weighted by molar-refractivity contribution is 5.59. The van der Waals surface area contributed by atoms with Crippen LogP contribution < -0.4 is 0 Å². The molecule has 0 aromatic rings. The SMILES string of the molecule is CC(C)(C)[N+]1(C(=O)O)CC1. The lowest BCUT2D eigenvalue weighted by Crippen LogP contribution is -2.47. The molecule has 0 atom stereocenters. The van der Waals surface area contributed by atoms with Gasteiger partial charge in [-0.25, -0.2) is 4.48 Å². The molecule has 58 valence electrons. The summed E-state index contributed by atoms with van der Waals surface area (Å²) in [7, 11) is 0. The van der Waals surface area contributed by atoms with Crippen LogP contribution in [0.4, 0.5) is 4.79 Å². The van der Waals surface area contributed by atoms with Crippen LogP contribution in [0.2, 0.25) is 0 Å². The molecule has 0 aliphatic carbocycles. The van der Waals surface area contributed by atoms with Crippen molar-refractivity contribution in [2.45, 2.75) is 26.3 Å². The zero-order valence-corrected chi connectivity index (χ0v) is 6.72. The van der Waals surface area contributed by atoms with Gasteiger partial charge in [0, 0.05) is 0 Å². The van der Waals surface area contributed by atoms with E-state index in [9.17, 15) is 4.79 Å². The molecule has 0 radical (unpaired) electrons. The minimum Gasteiger partial charge on any atom is -0.435 e. The summed E-state index contributed by atoms with van der Waals surface area (Å²) in [4.78, 5) is 10.7. The Morgan fingerprint density at radius 3 is 1.80 bits per heavy atom. The summed E-state index contributed by atoms with van der Waals surface area (Å²) in [5.74, 6) is 0. The second-order valence-corrected chi connectivity index (χ2v) is 3.87. The van der Waals surface area contributed by atoms with Crippen LogP contribution in [-0.2, 0) is 0 Å². The zero-order valence-electron chi connectivity index (χ0n) is 6.72. The number of rotatable bonds is 0. The van der Waals surface area contributed by atoms with E-state index < -0.39 is 6.09 Å². The Labute approximate surface area is 60.8 Å². The molecule has 10 heavy (non-hydrogen) atoms.